The number of carbonyl (C=O) groups excluding carboxylic acids is 1. The normalized spacial score (nSPS) is 14.6. The van der Waals surface area contributed by atoms with Crippen molar-refractivity contribution >= 4 is 34.1 Å². The largest absolute Gasteiger partial charge is 0.444 e. The molecule has 6 nitrogen and oxygen atoms in total. The number of benzene rings is 1. The Hall–Kier alpha value is -3.28. The minimum atomic E-state index is -0.477. The maximum atomic E-state index is 12.3. The molecular formula is C23H26N4O2. The van der Waals surface area contributed by atoms with Crippen molar-refractivity contribution in [2.75, 3.05) is 18.4 Å². The van der Waals surface area contributed by atoms with Gasteiger partial charge in [-0.2, -0.15) is 0 Å². The third-order valence-corrected chi connectivity index (χ3v) is 4.83. The highest BCUT2D eigenvalue weighted by atomic mass is 16.6. The van der Waals surface area contributed by atoms with Gasteiger partial charge in [0.05, 0.1) is 0 Å². The summed E-state index contributed by atoms with van der Waals surface area (Å²) in [4.78, 5) is 21.7. The van der Waals surface area contributed by atoms with E-state index >= 15 is 0 Å². The average Bonchev–Trinajstić information content (AvgIpc) is 3.11. The van der Waals surface area contributed by atoms with E-state index in [1.54, 1.807) is 11.1 Å². The van der Waals surface area contributed by atoms with E-state index in [2.05, 4.69) is 33.5 Å². The molecule has 2 N–H and O–H groups in total. The van der Waals surface area contributed by atoms with E-state index in [1.165, 1.54) is 11.1 Å². The molecule has 0 unspecified atom stereocenters. The van der Waals surface area contributed by atoms with E-state index in [0.717, 1.165) is 28.8 Å². The van der Waals surface area contributed by atoms with Crippen LogP contribution in [0.3, 0.4) is 0 Å². The molecule has 6 heteroatoms. The third-order valence-electron chi connectivity index (χ3n) is 4.83. The van der Waals surface area contributed by atoms with Gasteiger partial charge < -0.3 is 19.9 Å². The number of nitrogens with zero attached hydrogens (tertiary/aromatic N) is 2. The quantitative estimate of drug-likeness (QED) is 0.634. The number of fused-ring (bicyclic) bond motifs is 1. The molecule has 0 bridgehead atoms. The first-order valence-electron chi connectivity index (χ1n) is 9.85. The van der Waals surface area contributed by atoms with Crippen molar-refractivity contribution < 1.29 is 9.53 Å². The van der Waals surface area contributed by atoms with Gasteiger partial charge in [0.1, 0.15) is 11.4 Å². The van der Waals surface area contributed by atoms with Crippen LogP contribution in [0.5, 0.6) is 0 Å². The number of amides is 1. The van der Waals surface area contributed by atoms with Gasteiger partial charge in [0.25, 0.3) is 0 Å². The van der Waals surface area contributed by atoms with Gasteiger partial charge in [-0.15, -0.1) is 0 Å². The van der Waals surface area contributed by atoms with Crippen LogP contribution in [0.1, 0.15) is 32.8 Å². The van der Waals surface area contributed by atoms with Crippen LogP contribution in [-0.2, 0) is 4.74 Å². The van der Waals surface area contributed by atoms with Crippen molar-refractivity contribution in [3.05, 3.63) is 60.4 Å². The van der Waals surface area contributed by atoms with Gasteiger partial charge in [0.2, 0.25) is 0 Å². The number of nitrogens with one attached hydrogen (secondary N) is 2. The van der Waals surface area contributed by atoms with Crippen molar-refractivity contribution in [1.82, 2.24) is 14.9 Å². The summed E-state index contributed by atoms with van der Waals surface area (Å²) in [5.74, 6) is 0.814. The molecule has 3 heterocycles. The Labute approximate surface area is 170 Å². The molecule has 29 heavy (non-hydrogen) atoms. The number of pyridine rings is 1. The summed E-state index contributed by atoms with van der Waals surface area (Å²) < 4.78 is 5.48. The van der Waals surface area contributed by atoms with Crippen LogP contribution in [0.4, 0.5) is 16.3 Å². The first-order valence-corrected chi connectivity index (χ1v) is 9.85. The van der Waals surface area contributed by atoms with Crippen molar-refractivity contribution in [2.45, 2.75) is 32.8 Å². The lowest BCUT2D eigenvalue weighted by Gasteiger charge is -2.29. The first-order chi connectivity index (χ1) is 13.9. The van der Waals surface area contributed by atoms with Crippen LogP contribution in [0.25, 0.3) is 16.5 Å². The highest BCUT2D eigenvalue weighted by Gasteiger charge is 2.24. The fraction of sp³-hybridized carbons (Fsp3) is 0.304. The Morgan fingerprint density at radius 2 is 2.10 bits per heavy atom. The number of rotatable bonds is 3. The molecule has 4 rings (SSSR count). The molecular weight excluding hydrogens is 364 g/mol. The number of aromatic nitrogens is 2. The number of carbonyl (C=O) groups is 1. The van der Waals surface area contributed by atoms with Gasteiger partial charge in [0.15, 0.2) is 0 Å². The number of ether oxygens (including phenoxy) is 1. The van der Waals surface area contributed by atoms with Gasteiger partial charge in [0, 0.05) is 47.6 Å². The molecule has 0 saturated heterocycles. The zero-order chi connectivity index (χ0) is 20.4. The second-order valence-electron chi connectivity index (χ2n) is 8.21. The summed E-state index contributed by atoms with van der Waals surface area (Å²) in [6.07, 6.45) is 6.48. The van der Waals surface area contributed by atoms with Crippen molar-refractivity contribution in [2.24, 2.45) is 0 Å². The molecule has 2 aromatic heterocycles. The van der Waals surface area contributed by atoms with Gasteiger partial charge in [-0.25, -0.2) is 9.78 Å². The third kappa shape index (κ3) is 4.42. The highest BCUT2D eigenvalue weighted by molar-refractivity contribution is 5.95. The molecule has 0 saturated carbocycles. The molecule has 0 spiro atoms. The number of hydrogen-bond donors (Lipinski definition) is 2. The summed E-state index contributed by atoms with van der Waals surface area (Å²) >= 11 is 0. The lowest BCUT2D eigenvalue weighted by atomic mass is 9.99. The van der Waals surface area contributed by atoms with E-state index in [0.29, 0.717) is 13.1 Å². The van der Waals surface area contributed by atoms with Crippen LogP contribution in [0.15, 0.2) is 54.9 Å². The SMILES string of the molecule is CC(C)(C)OC(=O)N1CC=C(c2c[nH]c3ccc(Nc4ccccn4)cc23)CC1. The molecule has 1 aromatic carbocycles. The monoisotopic (exact) mass is 390 g/mol. The molecule has 0 radical (unpaired) electrons. The minimum absolute atomic E-state index is 0.256. The Morgan fingerprint density at radius 1 is 1.24 bits per heavy atom. The van der Waals surface area contributed by atoms with Gasteiger partial charge in [-0.05, 0) is 63.1 Å². The van der Waals surface area contributed by atoms with E-state index in [-0.39, 0.29) is 6.09 Å². The molecule has 1 aliphatic heterocycles. The van der Waals surface area contributed by atoms with Gasteiger partial charge >= 0.3 is 6.09 Å². The minimum Gasteiger partial charge on any atom is -0.444 e. The lowest BCUT2D eigenvalue weighted by Crippen LogP contribution is -2.39. The standard InChI is InChI=1S/C23H26N4O2/c1-23(2,3)29-22(28)27-12-9-16(10-13-27)19-15-25-20-8-7-17(14-18(19)20)26-21-6-4-5-11-24-21/h4-9,11,14-15,25H,10,12-13H2,1-3H3,(H,24,26). The van der Waals surface area contributed by atoms with Crippen molar-refractivity contribution in [3.8, 4) is 0 Å². The summed E-state index contributed by atoms with van der Waals surface area (Å²) in [6.45, 7) is 6.87. The molecule has 0 fully saturated rings. The van der Waals surface area contributed by atoms with E-state index in [4.69, 9.17) is 4.74 Å². The Kier molecular flexibility index (Phi) is 5.01. The predicted octanol–water partition coefficient (Wildman–Crippen LogP) is 5.33. The average molecular weight is 390 g/mol. The number of H-pyrrole nitrogens is 1. The molecule has 0 atom stereocenters. The maximum Gasteiger partial charge on any atom is 0.410 e. The van der Waals surface area contributed by atoms with Gasteiger partial charge in [-0.3, -0.25) is 0 Å². The molecule has 1 amide bonds. The molecule has 0 aliphatic carbocycles. The summed E-state index contributed by atoms with van der Waals surface area (Å²) in [5, 5.41) is 4.50. The Bertz CT molecular complexity index is 1050. The molecule has 150 valence electrons. The van der Waals surface area contributed by atoms with Crippen molar-refractivity contribution in [3.63, 3.8) is 0 Å². The summed E-state index contributed by atoms with van der Waals surface area (Å²) in [6, 6.07) is 12.0. The van der Waals surface area contributed by atoms with E-state index in [1.807, 2.05) is 51.2 Å². The number of aromatic amines is 1. The van der Waals surface area contributed by atoms with E-state index < -0.39 is 5.60 Å². The number of hydrogen-bond acceptors (Lipinski definition) is 4. The summed E-state index contributed by atoms with van der Waals surface area (Å²) in [7, 11) is 0. The fourth-order valence-electron chi connectivity index (χ4n) is 3.45. The molecule has 3 aromatic rings. The zero-order valence-corrected chi connectivity index (χ0v) is 17.0. The fourth-order valence-corrected chi connectivity index (χ4v) is 3.45. The Balaban J connectivity index is 1.53. The second-order valence-corrected chi connectivity index (χ2v) is 8.21. The Morgan fingerprint density at radius 3 is 2.79 bits per heavy atom. The van der Waals surface area contributed by atoms with Crippen LogP contribution in [-0.4, -0.2) is 39.7 Å². The van der Waals surface area contributed by atoms with Crippen LogP contribution in [0.2, 0.25) is 0 Å². The highest BCUT2D eigenvalue weighted by Crippen LogP contribution is 2.31. The summed E-state index contributed by atoms with van der Waals surface area (Å²) in [5.41, 5.74) is 4.01. The van der Waals surface area contributed by atoms with Gasteiger partial charge in [-0.1, -0.05) is 12.1 Å². The number of anilines is 2. The topological polar surface area (TPSA) is 70.2 Å². The van der Waals surface area contributed by atoms with Crippen LogP contribution in [0, 0.1) is 0 Å². The lowest BCUT2D eigenvalue weighted by molar-refractivity contribution is 0.0270. The maximum absolute atomic E-state index is 12.3. The first kappa shape index (κ1) is 19.1. The van der Waals surface area contributed by atoms with Crippen molar-refractivity contribution in [1.29, 1.82) is 0 Å². The van der Waals surface area contributed by atoms with E-state index in [9.17, 15) is 4.79 Å². The van der Waals surface area contributed by atoms with Crippen LogP contribution < -0.4 is 5.32 Å². The second kappa shape index (κ2) is 7.62. The smallest absolute Gasteiger partial charge is 0.410 e. The van der Waals surface area contributed by atoms with Crippen LogP contribution >= 0.6 is 0 Å². The molecule has 1 aliphatic rings. The predicted molar refractivity (Wildman–Crippen MR) is 116 cm³/mol. The zero-order valence-electron chi connectivity index (χ0n) is 17.0.